The fourth-order valence-electron chi connectivity index (χ4n) is 1.65. The summed E-state index contributed by atoms with van der Waals surface area (Å²) in [7, 11) is 1.52. The molecule has 0 atom stereocenters. The van der Waals surface area contributed by atoms with E-state index in [9.17, 15) is 14.4 Å². The Morgan fingerprint density at radius 2 is 1.73 bits per heavy atom. The van der Waals surface area contributed by atoms with Gasteiger partial charge in [-0.25, -0.2) is 9.59 Å². The fraction of sp³-hybridized carbons (Fsp3) is 0.706. The summed E-state index contributed by atoms with van der Waals surface area (Å²) >= 11 is 0. The molecule has 0 bridgehead atoms. The Hall–Kier alpha value is -2.45. The molecule has 4 N–H and O–H groups in total. The molecule has 0 aliphatic rings. The van der Waals surface area contributed by atoms with Crippen LogP contribution in [0.3, 0.4) is 0 Å². The predicted octanol–water partition coefficient (Wildman–Crippen LogP) is 1.18. The van der Waals surface area contributed by atoms with Crippen molar-refractivity contribution in [2.75, 3.05) is 26.8 Å². The second-order valence-electron chi connectivity index (χ2n) is 6.46. The first-order valence-corrected chi connectivity index (χ1v) is 8.56. The van der Waals surface area contributed by atoms with Crippen molar-refractivity contribution in [1.29, 1.82) is 0 Å². The summed E-state index contributed by atoms with van der Waals surface area (Å²) in [5.74, 6) is -1.28. The molecular formula is C17H31N3O6. The lowest BCUT2D eigenvalue weighted by Crippen LogP contribution is -2.34. The minimum absolute atomic E-state index is 0.0220. The van der Waals surface area contributed by atoms with Gasteiger partial charge in [0.25, 0.3) is 0 Å². The van der Waals surface area contributed by atoms with Crippen LogP contribution in [-0.4, -0.2) is 50.4 Å². The first kappa shape index (κ1) is 23.5. The van der Waals surface area contributed by atoms with Gasteiger partial charge in [-0.3, -0.25) is 4.79 Å². The highest BCUT2D eigenvalue weighted by atomic mass is 16.6. The van der Waals surface area contributed by atoms with Gasteiger partial charge < -0.3 is 30.6 Å². The van der Waals surface area contributed by atoms with Crippen LogP contribution in [0.4, 0.5) is 4.79 Å². The van der Waals surface area contributed by atoms with E-state index in [1.54, 1.807) is 20.8 Å². The second-order valence-corrected chi connectivity index (χ2v) is 6.46. The second kappa shape index (κ2) is 12.0. The van der Waals surface area contributed by atoms with Crippen LogP contribution in [-0.2, 0) is 23.8 Å². The van der Waals surface area contributed by atoms with Crippen LogP contribution < -0.4 is 16.4 Å². The van der Waals surface area contributed by atoms with E-state index in [0.717, 1.165) is 12.8 Å². The summed E-state index contributed by atoms with van der Waals surface area (Å²) in [6.45, 7) is 7.45. The van der Waals surface area contributed by atoms with Gasteiger partial charge in [0.05, 0.1) is 25.1 Å². The molecule has 9 heteroatoms. The number of esters is 2. The summed E-state index contributed by atoms with van der Waals surface area (Å²) in [6.07, 6.45) is 0.724. The SMILES string of the molecule is CCCCOC(=O)C/C(C(=O)OCCNC(=O)OC(C)(C)C)=C(/N)NC. The Labute approximate surface area is 154 Å². The van der Waals surface area contributed by atoms with Crippen molar-refractivity contribution in [2.45, 2.75) is 52.6 Å². The molecule has 0 saturated carbocycles. The molecule has 0 aromatic heterocycles. The van der Waals surface area contributed by atoms with E-state index in [2.05, 4.69) is 10.6 Å². The van der Waals surface area contributed by atoms with Crippen molar-refractivity contribution in [2.24, 2.45) is 5.73 Å². The lowest BCUT2D eigenvalue weighted by Gasteiger charge is -2.19. The number of alkyl carbamates (subject to hydrolysis) is 1. The maximum atomic E-state index is 12.1. The van der Waals surface area contributed by atoms with Crippen molar-refractivity contribution in [3.05, 3.63) is 11.4 Å². The Bertz CT molecular complexity index is 511. The normalized spacial score (nSPS) is 11.9. The Morgan fingerprint density at radius 3 is 2.27 bits per heavy atom. The molecule has 0 aromatic rings. The summed E-state index contributed by atoms with van der Waals surface area (Å²) in [4.78, 5) is 35.4. The number of nitrogens with two attached hydrogens (primary N) is 1. The first-order valence-electron chi connectivity index (χ1n) is 8.56. The number of nitrogens with one attached hydrogen (secondary N) is 2. The van der Waals surface area contributed by atoms with Crippen molar-refractivity contribution in [3.8, 4) is 0 Å². The molecule has 0 aliphatic heterocycles. The molecule has 0 radical (unpaired) electrons. The summed E-state index contributed by atoms with van der Waals surface area (Å²) < 4.78 is 15.1. The summed E-state index contributed by atoms with van der Waals surface area (Å²) in [5, 5.41) is 5.07. The van der Waals surface area contributed by atoms with Gasteiger partial charge in [-0.05, 0) is 27.2 Å². The van der Waals surface area contributed by atoms with Crippen LogP contribution in [0.1, 0.15) is 47.0 Å². The van der Waals surface area contributed by atoms with Gasteiger partial charge in [0.2, 0.25) is 0 Å². The van der Waals surface area contributed by atoms with E-state index in [4.69, 9.17) is 19.9 Å². The number of ether oxygens (including phenoxy) is 3. The highest BCUT2D eigenvalue weighted by Gasteiger charge is 2.20. The molecular weight excluding hydrogens is 342 g/mol. The Kier molecular flexibility index (Phi) is 10.9. The molecule has 1 amide bonds. The fourth-order valence-corrected chi connectivity index (χ4v) is 1.65. The Balaban J connectivity index is 4.46. The lowest BCUT2D eigenvalue weighted by atomic mass is 10.2. The van der Waals surface area contributed by atoms with Crippen molar-refractivity contribution < 1.29 is 28.6 Å². The van der Waals surface area contributed by atoms with Gasteiger partial charge >= 0.3 is 18.0 Å². The number of hydrogen-bond donors (Lipinski definition) is 3. The van der Waals surface area contributed by atoms with Gasteiger partial charge in [-0.2, -0.15) is 0 Å². The molecule has 0 aromatic carbocycles. The lowest BCUT2D eigenvalue weighted by molar-refractivity contribution is -0.146. The molecule has 26 heavy (non-hydrogen) atoms. The minimum atomic E-state index is -0.754. The van der Waals surface area contributed by atoms with E-state index in [-0.39, 0.29) is 37.6 Å². The molecule has 9 nitrogen and oxygen atoms in total. The quantitative estimate of drug-likeness (QED) is 0.225. The van der Waals surface area contributed by atoms with E-state index in [0.29, 0.717) is 0 Å². The van der Waals surface area contributed by atoms with E-state index in [1.807, 2.05) is 6.92 Å². The predicted molar refractivity (Wildman–Crippen MR) is 96.0 cm³/mol. The molecule has 0 unspecified atom stereocenters. The van der Waals surface area contributed by atoms with Gasteiger partial charge in [0.1, 0.15) is 18.0 Å². The number of unbranched alkanes of at least 4 members (excludes halogenated alkanes) is 1. The van der Waals surface area contributed by atoms with Gasteiger partial charge in [0.15, 0.2) is 0 Å². The maximum Gasteiger partial charge on any atom is 0.407 e. The maximum absolute atomic E-state index is 12.1. The number of amides is 1. The number of carbonyl (C=O) groups is 3. The number of hydrogen-bond acceptors (Lipinski definition) is 8. The van der Waals surface area contributed by atoms with Crippen LogP contribution in [0.15, 0.2) is 11.4 Å². The third kappa shape index (κ3) is 11.2. The molecule has 0 heterocycles. The molecule has 0 rings (SSSR count). The molecule has 0 saturated heterocycles. The largest absolute Gasteiger partial charge is 0.465 e. The zero-order valence-corrected chi connectivity index (χ0v) is 16.3. The highest BCUT2D eigenvalue weighted by Crippen LogP contribution is 2.09. The molecule has 0 spiro atoms. The highest BCUT2D eigenvalue weighted by molar-refractivity contribution is 5.94. The first-order chi connectivity index (χ1) is 12.1. The van der Waals surface area contributed by atoms with Gasteiger partial charge in [-0.1, -0.05) is 13.3 Å². The van der Waals surface area contributed by atoms with Gasteiger partial charge in [0, 0.05) is 7.05 Å². The number of carbonyl (C=O) groups excluding carboxylic acids is 3. The number of rotatable bonds is 10. The van der Waals surface area contributed by atoms with E-state index >= 15 is 0 Å². The third-order valence-electron chi connectivity index (χ3n) is 2.93. The van der Waals surface area contributed by atoms with Crippen LogP contribution >= 0.6 is 0 Å². The van der Waals surface area contributed by atoms with E-state index < -0.39 is 23.6 Å². The summed E-state index contributed by atoms with van der Waals surface area (Å²) in [6, 6.07) is 0. The molecule has 0 fully saturated rings. The van der Waals surface area contributed by atoms with Crippen LogP contribution in [0.25, 0.3) is 0 Å². The van der Waals surface area contributed by atoms with E-state index in [1.165, 1.54) is 7.05 Å². The molecule has 0 aliphatic carbocycles. The Morgan fingerprint density at radius 1 is 1.08 bits per heavy atom. The minimum Gasteiger partial charge on any atom is -0.465 e. The monoisotopic (exact) mass is 373 g/mol. The zero-order valence-electron chi connectivity index (χ0n) is 16.3. The zero-order chi connectivity index (χ0) is 20.2. The molecule has 150 valence electrons. The average Bonchev–Trinajstić information content (AvgIpc) is 2.54. The summed E-state index contributed by atoms with van der Waals surface area (Å²) in [5.41, 5.74) is 5.08. The standard InChI is InChI=1S/C17H31N3O6/c1-6-7-9-24-13(21)11-12(14(18)19-5)15(22)25-10-8-20-16(23)26-17(2,3)4/h19H,6-11,18H2,1-5H3,(H,20,23)/b14-12+. The van der Waals surface area contributed by atoms with Gasteiger partial charge in [-0.15, -0.1) is 0 Å². The third-order valence-corrected chi connectivity index (χ3v) is 2.93. The van der Waals surface area contributed by atoms with Crippen LogP contribution in [0.2, 0.25) is 0 Å². The van der Waals surface area contributed by atoms with Crippen molar-refractivity contribution >= 4 is 18.0 Å². The van der Waals surface area contributed by atoms with Crippen molar-refractivity contribution in [1.82, 2.24) is 10.6 Å². The van der Waals surface area contributed by atoms with Crippen LogP contribution in [0.5, 0.6) is 0 Å². The smallest absolute Gasteiger partial charge is 0.407 e. The van der Waals surface area contributed by atoms with Crippen molar-refractivity contribution in [3.63, 3.8) is 0 Å². The average molecular weight is 373 g/mol. The van der Waals surface area contributed by atoms with Crippen LogP contribution in [0, 0.1) is 0 Å². The topological polar surface area (TPSA) is 129 Å².